The summed E-state index contributed by atoms with van der Waals surface area (Å²) in [5.74, 6) is 1.13. The molecule has 0 atom stereocenters. The minimum absolute atomic E-state index is 0.461. The lowest BCUT2D eigenvalue weighted by atomic mass is 10.3. The van der Waals surface area contributed by atoms with E-state index in [0.717, 1.165) is 4.47 Å². The van der Waals surface area contributed by atoms with Gasteiger partial charge in [0, 0.05) is 10.7 Å². The van der Waals surface area contributed by atoms with E-state index in [2.05, 4.69) is 27.0 Å². The van der Waals surface area contributed by atoms with Gasteiger partial charge in [0.2, 0.25) is 0 Å². The van der Waals surface area contributed by atoms with Crippen LogP contribution in [0.5, 0.6) is 11.5 Å². The Labute approximate surface area is 101 Å². The lowest BCUT2D eigenvalue weighted by molar-refractivity contribution is 0.478. The van der Waals surface area contributed by atoms with Gasteiger partial charge in [-0.2, -0.15) is 5.26 Å². The highest BCUT2D eigenvalue weighted by atomic mass is 79.9. The third-order valence-corrected chi connectivity index (χ3v) is 2.42. The molecule has 0 aliphatic carbocycles. The quantitative estimate of drug-likeness (QED) is 0.842. The maximum atomic E-state index is 8.88. The van der Waals surface area contributed by atoms with Gasteiger partial charge in [-0.15, -0.1) is 0 Å². The number of aromatic nitrogens is 1. The first kappa shape index (κ1) is 10.7. The van der Waals surface area contributed by atoms with Gasteiger partial charge in [0.05, 0.1) is 11.8 Å². The zero-order valence-electron chi connectivity index (χ0n) is 8.22. The second-order valence-corrected chi connectivity index (χ2v) is 3.96. The Morgan fingerprint density at radius 3 is 2.94 bits per heavy atom. The molecule has 0 unspecified atom stereocenters. The van der Waals surface area contributed by atoms with Crippen LogP contribution in [-0.2, 0) is 0 Å². The van der Waals surface area contributed by atoms with Crippen molar-refractivity contribution >= 4 is 15.9 Å². The molecule has 0 radical (unpaired) electrons. The van der Waals surface area contributed by atoms with Gasteiger partial charge in [-0.1, -0.05) is 22.0 Å². The van der Waals surface area contributed by atoms with Crippen LogP contribution in [0.2, 0.25) is 0 Å². The predicted molar refractivity (Wildman–Crippen MR) is 63.2 cm³/mol. The highest BCUT2D eigenvalue weighted by Gasteiger charge is 2.04. The Morgan fingerprint density at radius 1 is 1.31 bits per heavy atom. The van der Waals surface area contributed by atoms with Crippen LogP contribution in [0.25, 0.3) is 0 Å². The van der Waals surface area contributed by atoms with Crippen molar-refractivity contribution in [1.82, 2.24) is 4.98 Å². The van der Waals surface area contributed by atoms with Crippen molar-refractivity contribution in [2.75, 3.05) is 0 Å². The summed E-state index contributed by atoms with van der Waals surface area (Å²) in [4.78, 5) is 3.92. The number of rotatable bonds is 2. The molecule has 1 heterocycles. The molecule has 16 heavy (non-hydrogen) atoms. The van der Waals surface area contributed by atoms with Gasteiger partial charge in [0.15, 0.2) is 5.75 Å². The van der Waals surface area contributed by atoms with Crippen molar-refractivity contribution < 1.29 is 4.74 Å². The van der Waals surface area contributed by atoms with Crippen molar-refractivity contribution in [3.05, 3.63) is 52.8 Å². The summed E-state index contributed by atoms with van der Waals surface area (Å²) in [5.41, 5.74) is 0.468. The smallest absolute Gasteiger partial charge is 0.163 e. The molecule has 0 aliphatic heterocycles. The van der Waals surface area contributed by atoms with Crippen LogP contribution in [0, 0.1) is 11.3 Å². The van der Waals surface area contributed by atoms with Gasteiger partial charge in [-0.3, -0.25) is 4.98 Å². The molecule has 0 saturated heterocycles. The largest absolute Gasteiger partial charge is 0.454 e. The second kappa shape index (κ2) is 4.77. The molecule has 0 saturated carbocycles. The Balaban J connectivity index is 2.31. The van der Waals surface area contributed by atoms with E-state index in [1.807, 2.05) is 24.3 Å². The van der Waals surface area contributed by atoms with E-state index in [1.165, 1.54) is 6.20 Å². The summed E-state index contributed by atoms with van der Waals surface area (Å²) in [7, 11) is 0. The van der Waals surface area contributed by atoms with E-state index >= 15 is 0 Å². The van der Waals surface area contributed by atoms with Crippen LogP contribution in [0.4, 0.5) is 0 Å². The summed E-state index contributed by atoms with van der Waals surface area (Å²) < 4.78 is 6.49. The molecule has 78 valence electrons. The molecule has 0 fully saturated rings. The summed E-state index contributed by atoms with van der Waals surface area (Å²) in [6.07, 6.45) is 3.09. The normalized spacial score (nSPS) is 9.50. The van der Waals surface area contributed by atoms with Crippen LogP contribution in [0.15, 0.2) is 47.2 Å². The summed E-state index contributed by atoms with van der Waals surface area (Å²) in [6.45, 7) is 0. The molecular weight excluding hydrogens is 268 g/mol. The third kappa shape index (κ3) is 2.38. The number of halogens is 1. The van der Waals surface area contributed by atoms with Crippen LogP contribution >= 0.6 is 15.9 Å². The lowest BCUT2D eigenvalue weighted by Crippen LogP contribution is -1.88. The van der Waals surface area contributed by atoms with Crippen molar-refractivity contribution in [1.29, 1.82) is 5.26 Å². The zero-order valence-corrected chi connectivity index (χ0v) is 9.81. The SMILES string of the molecule is N#Cc1ccncc1Oc1cccc(Br)c1. The number of pyridine rings is 1. The summed E-state index contributed by atoms with van der Waals surface area (Å²) in [6, 6.07) is 11.1. The highest BCUT2D eigenvalue weighted by Crippen LogP contribution is 2.25. The molecule has 3 nitrogen and oxygen atoms in total. The minimum atomic E-state index is 0.461. The first-order valence-corrected chi connectivity index (χ1v) is 5.36. The van der Waals surface area contributed by atoms with E-state index in [4.69, 9.17) is 10.00 Å². The van der Waals surface area contributed by atoms with Gasteiger partial charge in [-0.25, -0.2) is 0 Å². The number of nitriles is 1. The molecule has 2 rings (SSSR count). The van der Waals surface area contributed by atoms with Gasteiger partial charge in [0.1, 0.15) is 11.8 Å². The molecule has 0 aliphatic rings. The highest BCUT2D eigenvalue weighted by molar-refractivity contribution is 9.10. The molecular formula is C12H7BrN2O. The first-order valence-electron chi connectivity index (χ1n) is 4.57. The van der Waals surface area contributed by atoms with E-state index in [1.54, 1.807) is 12.3 Å². The van der Waals surface area contributed by atoms with Crippen molar-refractivity contribution in [3.8, 4) is 17.6 Å². The fourth-order valence-corrected chi connectivity index (χ4v) is 1.59. The van der Waals surface area contributed by atoms with Gasteiger partial charge in [-0.05, 0) is 24.3 Å². The van der Waals surface area contributed by atoms with Crippen molar-refractivity contribution in [2.45, 2.75) is 0 Å². The lowest BCUT2D eigenvalue weighted by Gasteiger charge is -2.06. The maximum absolute atomic E-state index is 8.88. The fourth-order valence-electron chi connectivity index (χ4n) is 1.21. The monoisotopic (exact) mass is 274 g/mol. The van der Waals surface area contributed by atoms with E-state index < -0.39 is 0 Å². The summed E-state index contributed by atoms with van der Waals surface area (Å²) in [5, 5.41) is 8.88. The molecule has 0 bridgehead atoms. The first-order chi connectivity index (χ1) is 7.79. The molecule has 0 N–H and O–H groups in total. The fraction of sp³-hybridized carbons (Fsp3) is 0. The Kier molecular flexibility index (Phi) is 3.18. The summed E-state index contributed by atoms with van der Waals surface area (Å²) >= 11 is 3.35. The second-order valence-electron chi connectivity index (χ2n) is 3.04. The van der Waals surface area contributed by atoms with Crippen LogP contribution in [0.1, 0.15) is 5.56 Å². The van der Waals surface area contributed by atoms with Gasteiger partial charge in [0.25, 0.3) is 0 Å². The number of nitrogens with zero attached hydrogens (tertiary/aromatic N) is 2. The van der Waals surface area contributed by atoms with E-state index in [0.29, 0.717) is 17.1 Å². The number of hydrogen-bond acceptors (Lipinski definition) is 3. The van der Waals surface area contributed by atoms with Gasteiger partial charge < -0.3 is 4.74 Å². The number of hydrogen-bond donors (Lipinski definition) is 0. The maximum Gasteiger partial charge on any atom is 0.163 e. The average molecular weight is 275 g/mol. The minimum Gasteiger partial charge on any atom is -0.454 e. The van der Waals surface area contributed by atoms with Crippen LogP contribution in [-0.4, -0.2) is 4.98 Å². The number of benzene rings is 1. The Morgan fingerprint density at radius 2 is 2.19 bits per heavy atom. The van der Waals surface area contributed by atoms with Crippen molar-refractivity contribution in [3.63, 3.8) is 0 Å². The van der Waals surface area contributed by atoms with Crippen LogP contribution in [0.3, 0.4) is 0 Å². The molecule has 1 aromatic heterocycles. The molecule has 2 aromatic rings. The van der Waals surface area contributed by atoms with E-state index in [-0.39, 0.29) is 0 Å². The molecule has 1 aromatic carbocycles. The van der Waals surface area contributed by atoms with Crippen LogP contribution < -0.4 is 4.74 Å². The average Bonchev–Trinajstić information content (AvgIpc) is 2.30. The molecule has 0 spiro atoms. The van der Waals surface area contributed by atoms with E-state index in [9.17, 15) is 0 Å². The topological polar surface area (TPSA) is 45.9 Å². The zero-order chi connectivity index (χ0) is 11.4. The standard InChI is InChI=1S/C12H7BrN2O/c13-10-2-1-3-11(6-10)16-12-8-15-5-4-9(12)7-14/h1-6,8H. The number of ether oxygens (including phenoxy) is 1. The third-order valence-electron chi connectivity index (χ3n) is 1.93. The molecule has 0 amide bonds. The van der Waals surface area contributed by atoms with Gasteiger partial charge >= 0.3 is 0 Å². The Bertz CT molecular complexity index is 549. The van der Waals surface area contributed by atoms with Crippen molar-refractivity contribution in [2.24, 2.45) is 0 Å². The predicted octanol–water partition coefficient (Wildman–Crippen LogP) is 3.51. The molecule has 4 heteroatoms. The Hall–Kier alpha value is -1.86.